The first-order valence-electron chi connectivity index (χ1n) is 9.47. The third-order valence-corrected chi connectivity index (χ3v) is 9.55. The molecule has 1 unspecified atom stereocenters. The van der Waals surface area contributed by atoms with Crippen molar-refractivity contribution in [2.75, 3.05) is 34.4 Å². The van der Waals surface area contributed by atoms with Crippen molar-refractivity contribution in [3.05, 3.63) is 48.0 Å². The van der Waals surface area contributed by atoms with Gasteiger partial charge in [-0.25, -0.2) is 16.8 Å². The Morgan fingerprint density at radius 3 is 2.45 bits per heavy atom. The zero-order chi connectivity index (χ0) is 22.6. The second kappa shape index (κ2) is 9.49. The Morgan fingerprint density at radius 1 is 1.16 bits per heavy atom. The molecule has 0 saturated carbocycles. The Bertz CT molecular complexity index is 1160. The van der Waals surface area contributed by atoms with Crippen molar-refractivity contribution in [2.45, 2.75) is 23.5 Å². The number of anilines is 2. The van der Waals surface area contributed by atoms with Crippen molar-refractivity contribution in [3.8, 4) is 5.75 Å². The van der Waals surface area contributed by atoms with Gasteiger partial charge in [0.15, 0.2) is 9.84 Å². The fourth-order valence-corrected chi connectivity index (χ4v) is 7.89. The van der Waals surface area contributed by atoms with Crippen molar-refractivity contribution in [1.82, 2.24) is 0 Å². The molecule has 2 aromatic rings. The summed E-state index contributed by atoms with van der Waals surface area (Å²) in [6.07, 6.45) is 0.546. The van der Waals surface area contributed by atoms with Crippen LogP contribution in [-0.4, -0.2) is 52.4 Å². The van der Waals surface area contributed by atoms with Crippen LogP contribution in [0.3, 0.4) is 0 Å². The summed E-state index contributed by atoms with van der Waals surface area (Å²) in [5.74, 6) is 0.642. The van der Waals surface area contributed by atoms with Gasteiger partial charge < -0.3 is 10.1 Å². The second-order valence-electron chi connectivity index (χ2n) is 7.20. The summed E-state index contributed by atoms with van der Waals surface area (Å²) in [7, 11) is -5.34. The smallest absolute Gasteiger partial charge is 0.262 e. The lowest BCUT2D eigenvalue weighted by molar-refractivity contribution is -0.113. The Hall–Kier alpha value is -2.24. The third kappa shape index (κ3) is 6.37. The lowest BCUT2D eigenvalue weighted by Gasteiger charge is -2.13. The molecule has 1 saturated heterocycles. The summed E-state index contributed by atoms with van der Waals surface area (Å²) in [5.41, 5.74) is 1.27. The first kappa shape index (κ1) is 23.4. The predicted molar refractivity (Wildman–Crippen MR) is 123 cm³/mol. The van der Waals surface area contributed by atoms with Crippen molar-refractivity contribution in [3.63, 3.8) is 0 Å². The number of benzene rings is 2. The van der Waals surface area contributed by atoms with Gasteiger partial charge in [-0.15, -0.1) is 11.8 Å². The lowest BCUT2D eigenvalue weighted by Crippen LogP contribution is -2.18. The van der Waals surface area contributed by atoms with Gasteiger partial charge in [-0.05, 0) is 55.3 Å². The molecule has 1 aliphatic heterocycles. The minimum absolute atomic E-state index is 0.0515. The Balaban J connectivity index is 1.66. The number of thioether (sulfide) groups is 1. The van der Waals surface area contributed by atoms with Gasteiger partial charge in [0.25, 0.3) is 10.0 Å². The van der Waals surface area contributed by atoms with Crippen LogP contribution in [0.25, 0.3) is 0 Å². The average molecular weight is 485 g/mol. The predicted octanol–water partition coefficient (Wildman–Crippen LogP) is 2.66. The number of nitrogens with one attached hydrogen (secondary N) is 2. The molecule has 1 atom stereocenters. The van der Waals surface area contributed by atoms with Crippen molar-refractivity contribution in [2.24, 2.45) is 0 Å². The Morgan fingerprint density at radius 2 is 1.84 bits per heavy atom. The van der Waals surface area contributed by atoms with E-state index in [-0.39, 0.29) is 33.3 Å². The van der Waals surface area contributed by atoms with Crippen LogP contribution in [0.2, 0.25) is 0 Å². The SMILES string of the molecule is COc1ccc(NS(=O)(=O)c2cc(NC(=O)CSC3CCS(=O)(=O)C3)ccc2C)cc1. The highest BCUT2D eigenvalue weighted by Gasteiger charge is 2.28. The van der Waals surface area contributed by atoms with Crippen molar-refractivity contribution in [1.29, 1.82) is 0 Å². The van der Waals surface area contributed by atoms with Gasteiger partial charge >= 0.3 is 0 Å². The van der Waals surface area contributed by atoms with E-state index in [0.717, 1.165) is 0 Å². The number of amides is 1. The lowest BCUT2D eigenvalue weighted by atomic mass is 10.2. The van der Waals surface area contributed by atoms with Crippen LogP contribution in [0, 0.1) is 6.92 Å². The maximum absolute atomic E-state index is 12.9. The number of methoxy groups -OCH3 is 1. The van der Waals surface area contributed by atoms with E-state index in [1.165, 1.54) is 24.9 Å². The Kier molecular flexibility index (Phi) is 7.17. The number of carbonyl (C=O) groups is 1. The number of hydrogen-bond donors (Lipinski definition) is 2. The van der Waals surface area contributed by atoms with Crippen LogP contribution in [0.4, 0.5) is 11.4 Å². The van der Waals surface area contributed by atoms with E-state index in [4.69, 9.17) is 4.74 Å². The molecule has 1 fully saturated rings. The first-order valence-corrected chi connectivity index (χ1v) is 13.8. The summed E-state index contributed by atoms with van der Waals surface area (Å²) in [4.78, 5) is 12.3. The van der Waals surface area contributed by atoms with Crippen molar-refractivity contribution >= 4 is 48.9 Å². The molecule has 31 heavy (non-hydrogen) atoms. The van der Waals surface area contributed by atoms with Gasteiger partial charge in [-0.3, -0.25) is 9.52 Å². The van der Waals surface area contributed by atoms with Crippen LogP contribution in [0.15, 0.2) is 47.4 Å². The standard InChI is InChI=1S/C20H24N2O6S3/c1-14-3-4-16(21-20(23)12-29-18-9-10-30(24,25)13-18)11-19(14)31(26,27)22-15-5-7-17(28-2)8-6-15/h3-8,11,18,22H,9-10,12-13H2,1-2H3,(H,21,23). The first-order chi connectivity index (χ1) is 14.6. The van der Waals surface area contributed by atoms with E-state index < -0.39 is 19.9 Å². The summed E-state index contributed by atoms with van der Waals surface area (Å²) in [6, 6.07) is 11.1. The number of sulfonamides is 1. The molecule has 1 aliphatic rings. The largest absolute Gasteiger partial charge is 0.497 e. The maximum atomic E-state index is 12.9. The molecule has 11 heteroatoms. The fraction of sp³-hybridized carbons (Fsp3) is 0.350. The van der Waals surface area contributed by atoms with E-state index in [1.807, 2.05) is 0 Å². The summed E-state index contributed by atoms with van der Waals surface area (Å²) >= 11 is 1.30. The number of carbonyl (C=O) groups excluding carboxylic acids is 1. The molecule has 2 aromatic carbocycles. The highest BCUT2D eigenvalue weighted by molar-refractivity contribution is 8.02. The normalized spacial score (nSPS) is 17.8. The zero-order valence-electron chi connectivity index (χ0n) is 17.1. The molecule has 0 radical (unpaired) electrons. The van der Waals surface area contributed by atoms with E-state index in [2.05, 4.69) is 10.0 Å². The second-order valence-corrected chi connectivity index (χ2v) is 12.4. The maximum Gasteiger partial charge on any atom is 0.262 e. The minimum Gasteiger partial charge on any atom is -0.497 e. The number of sulfone groups is 1. The van der Waals surface area contributed by atoms with Gasteiger partial charge in [0.05, 0.1) is 29.3 Å². The van der Waals surface area contributed by atoms with E-state index >= 15 is 0 Å². The molecule has 0 aliphatic carbocycles. The number of ether oxygens (including phenoxy) is 1. The number of aryl methyl sites for hydroxylation is 1. The molecule has 168 valence electrons. The molecule has 1 amide bonds. The molecule has 1 heterocycles. The van der Waals surface area contributed by atoms with Crippen LogP contribution in [0.1, 0.15) is 12.0 Å². The highest BCUT2D eigenvalue weighted by Crippen LogP contribution is 2.26. The molecule has 3 rings (SSSR count). The molecule has 2 N–H and O–H groups in total. The monoisotopic (exact) mass is 484 g/mol. The molecular formula is C20H24N2O6S3. The zero-order valence-corrected chi connectivity index (χ0v) is 19.6. The number of rotatable bonds is 8. The molecule has 0 aromatic heterocycles. The quantitative estimate of drug-likeness (QED) is 0.591. The highest BCUT2D eigenvalue weighted by atomic mass is 32.2. The minimum atomic E-state index is -3.87. The van der Waals surface area contributed by atoms with Gasteiger partial charge in [-0.2, -0.15) is 0 Å². The third-order valence-electron chi connectivity index (χ3n) is 4.74. The molecule has 0 bridgehead atoms. The fourth-order valence-electron chi connectivity index (χ4n) is 3.12. The molecule has 0 spiro atoms. The van der Waals surface area contributed by atoms with Gasteiger partial charge in [0, 0.05) is 16.6 Å². The van der Waals surface area contributed by atoms with E-state index in [1.54, 1.807) is 43.3 Å². The van der Waals surface area contributed by atoms with Crippen LogP contribution in [0.5, 0.6) is 5.75 Å². The van der Waals surface area contributed by atoms with E-state index in [0.29, 0.717) is 29.1 Å². The topological polar surface area (TPSA) is 119 Å². The van der Waals surface area contributed by atoms with Crippen molar-refractivity contribution < 1.29 is 26.4 Å². The average Bonchev–Trinajstić information content (AvgIpc) is 3.07. The Labute approximate surface area is 186 Å². The van der Waals surface area contributed by atoms with Gasteiger partial charge in [0.2, 0.25) is 5.91 Å². The summed E-state index contributed by atoms with van der Waals surface area (Å²) in [6.45, 7) is 1.67. The van der Waals surface area contributed by atoms with Crippen LogP contribution < -0.4 is 14.8 Å². The summed E-state index contributed by atoms with van der Waals surface area (Å²) in [5, 5.41) is 2.60. The van der Waals surface area contributed by atoms with Crippen LogP contribution in [-0.2, 0) is 24.7 Å². The molecule has 8 nitrogen and oxygen atoms in total. The van der Waals surface area contributed by atoms with Crippen LogP contribution >= 0.6 is 11.8 Å². The van der Waals surface area contributed by atoms with Gasteiger partial charge in [-0.1, -0.05) is 6.07 Å². The van der Waals surface area contributed by atoms with E-state index in [9.17, 15) is 21.6 Å². The number of hydrogen-bond acceptors (Lipinski definition) is 7. The summed E-state index contributed by atoms with van der Waals surface area (Å²) < 4.78 is 56.3. The van der Waals surface area contributed by atoms with Gasteiger partial charge in [0.1, 0.15) is 5.75 Å². The molecular weight excluding hydrogens is 460 g/mol.